The maximum atomic E-state index is 13.2. The SMILES string of the molecule is CC(O)C1CCN(Cc2cc(F)ccc2Br)CC1. The van der Waals surface area contributed by atoms with Crippen molar-refractivity contribution in [3.8, 4) is 0 Å². The molecule has 0 aromatic heterocycles. The summed E-state index contributed by atoms with van der Waals surface area (Å²) in [6.45, 7) is 4.57. The van der Waals surface area contributed by atoms with Crippen molar-refractivity contribution in [2.45, 2.75) is 32.4 Å². The second kappa shape index (κ2) is 6.13. The molecule has 1 aromatic carbocycles. The first-order valence-electron chi connectivity index (χ1n) is 6.40. The summed E-state index contributed by atoms with van der Waals surface area (Å²) in [4.78, 5) is 2.32. The monoisotopic (exact) mass is 315 g/mol. The van der Waals surface area contributed by atoms with Crippen LogP contribution in [0.1, 0.15) is 25.3 Å². The zero-order chi connectivity index (χ0) is 13.1. The third-order valence-corrected chi connectivity index (χ3v) is 4.49. The standard InChI is InChI=1S/C14H19BrFNO/c1-10(18)11-4-6-17(7-5-11)9-12-8-13(16)2-3-14(12)15/h2-3,8,10-11,18H,4-7,9H2,1H3. The number of rotatable bonds is 3. The second-order valence-corrected chi connectivity index (χ2v) is 5.94. The lowest BCUT2D eigenvalue weighted by Crippen LogP contribution is -2.36. The van der Waals surface area contributed by atoms with Crippen molar-refractivity contribution >= 4 is 15.9 Å². The molecule has 0 spiro atoms. The Morgan fingerprint density at radius 1 is 1.44 bits per heavy atom. The van der Waals surface area contributed by atoms with Gasteiger partial charge in [-0.25, -0.2) is 4.39 Å². The molecule has 2 nitrogen and oxygen atoms in total. The van der Waals surface area contributed by atoms with Crippen LogP contribution in [0.25, 0.3) is 0 Å². The number of hydrogen-bond donors (Lipinski definition) is 1. The maximum Gasteiger partial charge on any atom is 0.123 e. The highest BCUT2D eigenvalue weighted by molar-refractivity contribution is 9.10. The molecule has 1 fully saturated rings. The van der Waals surface area contributed by atoms with Crippen molar-refractivity contribution in [2.24, 2.45) is 5.92 Å². The van der Waals surface area contributed by atoms with E-state index in [0.717, 1.165) is 42.5 Å². The smallest absolute Gasteiger partial charge is 0.123 e. The highest BCUT2D eigenvalue weighted by Crippen LogP contribution is 2.24. The highest BCUT2D eigenvalue weighted by Gasteiger charge is 2.22. The first kappa shape index (κ1) is 14.0. The highest BCUT2D eigenvalue weighted by atomic mass is 79.9. The summed E-state index contributed by atoms with van der Waals surface area (Å²) >= 11 is 3.46. The molecule has 1 heterocycles. The molecule has 1 aliphatic rings. The number of aliphatic hydroxyl groups is 1. The van der Waals surface area contributed by atoms with Gasteiger partial charge in [-0.2, -0.15) is 0 Å². The molecule has 0 saturated carbocycles. The van der Waals surface area contributed by atoms with Gasteiger partial charge < -0.3 is 5.11 Å². The lowest BCUT2D eigenvalue weighted by Gasteiger charge is -2.33. The van der Waals surface area contributed by atoms with E-state index in [1.165, 1.54) is 6.07 Å². The number of halogens is 2. The predicted molar refractivity (Wildman–Crippen MR) is 73.8 cm³/mol. The van der Waals surface area contributed by atoms with Crippen molar-refractivity contribution in [1.82, 2.24) is 4.90 Å². The van der Waals surface area contributed by atoms with E-state index in [0.29, 0.717) is 5.92 Å². The van der Waals surface area contributed by atoms with Gasteiger partial charge in [0.1, 0.15) is 5.82 Å². The summed E-state index contributed by atoms with van der Waals surface area (Å²) in [5.41, 5.74) is 0.991. The van der Waals surface area contributed by atoms with E-state index in [-0.39, 0.29) is 11.9 Å². The fourth-order valence-corrected chi connectivity index (χ4v) is 2.87. The Morgan fingerprint density at radius 2 is 2.11 bits per heavy atom. The minimum absolute atomic E-state index is 0.188. The Balaban J connectivity index is 1.93. The zero-order valence-corrected chi connectivity index (χ0v) is 12.2. The molecule has 18 heavy (non-hydrogen) atoms. The van der Waals surface area contributed by atoms with Crippen LogP contribution in [0.4, 0.5) is 4.39 Å². The van der Waals surface area contributed by atoms with E-state index in [9.17, 15) is 9.50 Å². The zero-order valence-electron chi connectivity index (χ0n) is 10.6. The topological polar surface area (TPSA) is 23.5 Å². The molecule has 1 aromatic rings. The molecular weight excluding hydrogens is 297 g/mol. The maximum absolute atomic E-state index is 13.2. The quantitative estimate of drug-likeness (QED) is 0.926. The van der Waals surface area contributed by atoms with Crippen molar-refractivity contribution in [3.05, 3.63) is 34.1 Å². The van der Waals surface area contributed by atoms with E-state index in [1.54, 1.807) is 12.1 Å². The van der Waals surface area contributed by atoms with Crippen LogP contribution in [0.5, 0.6) is 0 Å². The Labute approximate surface area is 116 Å². The van der Waals surface area contributed by atoms with Crippen molar-refractivity contribution in [2.75, 3.05) is 13.1 Å². The van der Waals surface area contributed by atoms with Gasteiger partial charge in [-0.05, 0) is 62.5 Å². The summed E-state index contributed by atoms with van der Waals surface area (Å²) in [7, 11) is 0. The predicted octanol–water partition coefficient (Wildman–Crippen LogP) is 3.18. The van der Waals surface area contributed by atoms with Gasteiger partial charge in [0.25, 0.3) is 0 Å². The molecule has 0 bridgehead atoms. The molecule has 1 N–H and O–H groups in total. The summed E-state index contributed by atoms with van der Waals surface area (Å²) < 4.78 is 14.2. The van der Waals surface area contributed by atoms with Gasteiger partial charge in [0.15, 0.2) is 0 Å². The molecular formula is C14H19BrFNO. The fourth-order valence-electron chi connectivity index (χ4n) is 2.50. The fraction of sp³-hybridized carbons (Fsp3) is 0.571. The Kier molecular flexibility index (Phi) is 4.76. The molecule has 1 unspecified atom stereocenters. The Hall–Kier alpha value is -0.450. The Morgan fingerprint density at radius 3 is 2.72 bits per heavy atom. The van der Waals surface area contributed by atoms with Crippen molar-refractivity contribution in [1.29, 1.82) is 0 Å². The van der Waals surface area contributed by atoms with Gasteiger partial charge in [0.2, 0.25) is 0 Å². The van der Waals surface area contributed by atoms with Crippen LogP contribution in [0.15, 0.2) is 22.7 Å². The first-order valence-corrected chi connectivity index (χ1v) is 7.20. The number of benzene rings is 1. The van der Waals surface area contributed by atoms with Gasteiger partial charge in [-0.1, -0.05) is 15.9 Å². The minimum atomic E-state index is -0.215. The molecule has 1 aliphatic heterocycles. The van der Waals surface area contributed by atoms with E-state index in [1.807, 2.05) is 6.92 Å². The molecule has 1 atom stereocenters. The summed E-state index contributed by atoms with van der Waals surface area (Å²) in [5, 5.41) is 9.56. The summed E-state index contributed by atoms with van der Waals surface area (Å²) in [6.07, 6.45) is 1.82. The summed E-state index contributed by atoms with van der Waals surface area (Å²) in [5.74, 6) is 0.226. The average molecular weight is 316 g/mol. The van der Waals surface area contributed by atoms with Gasteiger partial charge in [-0.15, -0.1) is 0 Å². The van der Waals surface area contributed by atoms with Crippen LogP contribution in [0, 0.1) is 11.7 Å². The van der Waals surface area contributed by atoms with Gasteiger partial charge >= 0.3 is 0 Å². The van der Waals surface area contributed by atoms with E-state index < -0.39 is 0 Å². The lowest BCUT2D eigenvalue weighted by molar-refractivity contribution is 0.0694. The van der Waals surface area contributed by atoms with E-state index >= 15 is 0 Å². The first-order chi connectivity index (χ1) is 8.56. The lowest BCUT2D eigenvalue weighted by atomic mass is 9.92. The van der Waals surface area contributed by atoms with Crippen LogP contribution in [0.3, 0.4) is 0 Å². The number of piperidine rings is 1. The summed E-state index contributed by atoms with van der Waals surface area (Å²) in [6, 6.07) is 4.81. The molecule has 4 heteroatoms. The van der Waals surface area contributed by atoms with Crippen LogP contribution in [0.2, 0.25) is 0 Å². The van der Waals surface area contributed by atoms with Crippen molar-refractivity contribution in [3.63, 3.8) is 0 Å². The number of nitrogens with zero attached hydrogens (tertiary/aromatic N) is 1. The van der Waals surface area contributed by atoms with E-state index in [4.69, 9.17) is 0 Å². The van der Waals surface area contributed by atoms with E-state index in [2.05, 4.69) is 20.8 Å². The molecule has 1 saturated heterocycles. The van der Waals surface area contributed by atoms with Crippen molar-refractivity contribution < 1.29 is 9.50 Å². The Bertz CT molecular complexity index is 403. The second-order valence-electron chi connectivity index (χ2n) is 5.09. The van der Waals surface area contributed by atoms with Crippen LogP contribution < -0.4 is 0 Å². The molecule has 0 amide bonds. The third kappa shape index (κ3) is 3.53. The number of hydrogen-bond acceptors (Lipinski definition) is 2. The molecule has 0 aliphatic carbocycles. The molecule has 2 rings (SSSR count). The minimum Gasteiger partial charge on any atom is -0.393 e. The number of likely N-dealkylation sites (tertiary alicyclic amines) is 1. The third-order valence-electron chi connectivity index (χ3n) is 3.72. The molecule has 100 valence electrons. The number of aliphatic hydroxyl groups excluding tert-OH is 1. The van der Waals surface area contributed by atoms with Gasteiger partial charge in [0, 0.05) is 11.0 Å². The average Bonchev–Trinajstić information content (AvgIpc) is 2.34. The van der Waals surface area contributed by atoms with Gasteiger partial charge in [-0.3, -0.25) is 4.90 Å². The normalized spacial score (nSPS) is 20.0. The van der Waals surface area contributed by atoms with Crippen LogP contribution in [-0.2, 0) is 6.54 Å². The van der Waals surface area contributed by atoms with Crippen LogP contribution in [-0.4, -0.2) is 29.2 Å². The molecule has 0 radical (unpaired) electrons. The largest absolute Gasteiger partial charge is 0.393 e. The van der Waals surface area contributed by atoms with Gasteiger partial charge in [0.05, 0.1) is 6.10 Å². The van der Waals surface area contributed by atoms with Crippen LogP contribution >= 0.6 is 15.9 Å².